The van der Waals surface area contributed by atoms with Crippen molar-refractivity contribution in [2.75, 3.05) is 0 Å². The van der Waals surface area contributed by atoms with Gasteiger partial charge in [0.15, 0.2) is 0 Å². The molecule has 0 spiro atoms. The molecule has 0 fully saturated rings. The third-order valence-corrected chi connectivity index (χ3v) is 4.20. The van der Waals surface area contributed by atoms with Crippen molar-refractivity contribution in [1.29, 1.82) is 0 Å². The van der Waals surface area contributed by atoms with Crippen LogP contribution < -0.4 is 5.73 Å². The Morgan fingerprint density at radius 2 is 1.76 bits per heavy atom. The standard InChI is InChI=1S/C14H20N2S/c1-13(2,3)12-16-11-9(14(4,5)15)7-6-8-10(11)17-12/h6-8H,15H2,1-5H3. The maximum absolute atomic E-state index is 6.21. The molecule has 0 aliphatic rings. The van der Waals surface area contributed by atoms with Gasteiger partial charge in [0.1, 0.15) is 0 Å². The molecule has 0 radical (unpaired) electrons. The molecule has 2 N–H and O–H groups in total. The minimum Gasteiger partial charge on any atom is -0.322 e. The molecule has 2 rings (SSSR count). The van der Waals surface area contributed by atoms with Crippen LogP contribution in [0.2, 0.25) is 0 Å². The Balaban J connectivity index is 2.70. The molecule has 17 heavy (non-hydrogen) atoms. The summed E-state index contributed by atoms with van der Waals surface area (Å²) in [6.07, 6.45) is 0. The van der Waals surface area contributed by atoms with E-state index >= 15 is 0 Å². The lowest BCUT2D eigenvalue weighted by Gasteiger charge is -2.19. The minimum absolute atomic E-state index is 0.0969. The number of aromatic nitrogens is 1. The van der Waals surface area contributed by atoms with Crippen molar-refractivity contribution in [2.24, 2.45) is 5.73 Å². The van der Waals surface area contributed by atoms with Crippen molar-refractivity contribution in [3.63, 3.8) is 0 Å². The SMILES string of the molecule is CC(C)(C)c1nc2c(C(C)(C)N)cccc2s1. The van der Waals surface area contributed by atoms with E-state index in [-0.39, 0.29) is 11.0 Å². The van der Waals surface area contributed by atoms with Gasteiger partial charge in [0.25, 0.3) is 0 Å². The van der Waals surface area contributed by atoms with Gasteiger partial charge in [-0.2, -0.15) is 0 Å². The van der Waals surface area contributed by atoms with Crippen molar-refractivity contribution in [3.8, 4) is 0 Å². The van der Waals surface area contributed by atoms with Crippen molar-refractivity contribution in [2.45, 2.75) is 45.6 Å². The minimum atomic E-state index is -0.345. The molecule has 2 aromatic rings. The maximum Gasteiger partial charge on any atom is 0.0992 e. The molecular weight excluding hydrogens is 228 g/mol. The van der Waals surface area contributed by atoms with Gasteiger partial charge in [0.2, 0.25) is 0 Å². The molecule has 0 amide bonds. The summed E-state index contributed by atoms with van der Waals surface area (Å²) >= 11 is 1.77. The maximum atomic E-state index is 6.21. The van der Waals surface area contributed by atoms with E-state index in [0.29, 0.717) is 0 Å². The van der Waals surface area contributed by atoms with Gasteiger partial charge < -0.3 is 5.73 Å². The van der Waals surface area contributed by atoms with E-state index in [1.165, 1.54) is 9.71 Å². The first-order valence-electron chi connectivity index (χ1n) is 5.89. The van der Waals surface area contributed by atoms with E-state index < -0.39 is 0 Å². The Kier molecular flexibility index (Phi) is 2.79. The fraction of sp³-hybridized carbons (Fsp3) is 0.500. The molecule has 1 heterocycles. The van der Waals surface area contributed by atoms with Gasteiger partial charge >= 0.3 is 0 Å². The van der Waals surface area contributed by atoms with Crippen molar-refractivity contribution in [3.05, 3.63) is 28.8 Å². The molecule has 0 atom stereocenters. The summed E-state index contributed by atoms with van der Waals surface area (Å²) in [5.41, 5.74) is 8.15. The lowest BCUT2D eigenvalue weighted by molar-refractivity contribution is 0.556. The Morgan fingerprint density at radius 3 is 2.29 bits per heavy atom. The predicted octanol–water partition coefficient (Wildman–Crippen LogP) is 3.79. The second-order valence-corrected chi connectivity index (χ2v) is 7.17. The highest BCUT2D eigenvalue weighted by molar-refractivity contribution is 7.18. The number of hydrogen-bond donors (Lipinski definition) is 1. The van der Waals surface area contributed by atoms with E-state index in [4.69, 9.17) is 10.7 Å². The van der Waals surface area contributed by atoms with E-state index in [0.717, 1.165) is 11.1 Å². The van der Waals surface area contributed by atoms with Crippen LogP contribution in [-0.4, -0.2) is 4.98 Å². The third kappa shape index (κ3) is 2.35. The third-order valence-electron chi connectivity index (χ3n) is 2.75. The Bertz CT molecular complexity index is 541. The topological polar surface area (TPSA) is 38.9 Å². The lowest BCUT2D eigenvalue weighted by Crippen LogP contribution is -2.28. The number of para-hydroxylation sites is 1. The molecule has 2 nitrogen and oxygen atoms in total. The van der Waals surface area contributed by atoms with Gasteiger partial charge in [0, 0.05) is 11.0 Å². The zero-order chi connectivity index (χ0) is 12.8. The zero-order valence-electron chi connectivity index (χ0n) is 11.2. The Hall–Kier alpha value is -0.930. The van der Waals surface area contributed by atoms with Gasteiger partial charge in [-0.15, -0.1) is 11.3 Å². The van der Waals surface area contributed by atoms with Gasteiger partial charge in [-0.05, 0) is 25.5 Å². The number of nitrogens with two attached hydrogens (primary N) is 1. The van der Waals surface area contributed by atoms with Crippen LogP contribution in [0.4, 0.5) is 0 Å². The van der Waals surface area contributed by atoms with Crippen molar-refractivity contribution in [1.82, 2.24) is 4.98 Å². The largest absolute Gasteiger partial charge is 0.322 e. The smallest absolute Gasteiger partial charge is 0.0992 e. The number of benzene rings is 1. The van der Waals surface area contributed by atoms with Crippen LogP contribution in [-0.2, 0) is 11.0 Å². The molecule has 3 heteroatoms. The summed E-state index contributed by atoms with van der Waals surface area (Å²) in [5, 5.41) is 1.17. The van der Waals surface area contributed by atoms with Gasteiger partial charge in [-0.25, -0.2) is 4.98 Å². The van der Waals surface area contributed by atoms with E-state index in [1.807, 2.05) is 13.8 Å². The molecule has 0 aliphatic carbocycles. The molecular formula is C14H20N2S. The normalized spacial score (nSPS) is 13.3. The molecule has 0 bridgehead atoms. The molecule has 1 aromatic carbocycles. The summed E-state index contributed by atoms with van der Waals surface area (Å²) < 4.78 is 1.23. The first-order chi connectivity index (χ1) is 7.69. The fourth-order valence-corrected chi connectivity index (χ4v) is 2.84. The first-order valence-corrected chi connectivity index (χ1v) is 6.70. The molecule has 0 unspecified atom stereocenters. The van der Waals surface area contributed by atoms with Crippen LogP contribution in [0.15, 0.2) is 18.2 Å². The Labute approximate surface area is 107 Å². The molecule has 0 aliphatic heterocycles. The van der Waals surface area contributed by atoms with E-state index in [9.17, 15) is 0 Å². The number of thiazole rings is 1. The number of nitrogens with zero attached hydrogens (tertiary/aromatic N) is 1. The summed E-state index contributed by atoms with van der Waals surface area (Å²) in [5.74, 6) is 0. The first kappa shape index (κ1) is 12.5. The molecule has 0 saturated heterocycles. The summed E-state index contributed by atoms with van der Waals surface area (Å²) in [4.78, 5) is 4.79. The second-order valence-electron chi connectivity index (χ2n) is 6.14. The van der Waals surface area contributed by atoms with Gasteiger partial charge in [-0.3, -0.25) is 0 Å². The zero-order valence-corrected chi connectivity index (χ0v) is 12.0. The van der Waals surface area contributed by atoms with Crippen molar-refractivity contribution < 1.29 is 0 Å². The lowest BCUT2D eigenvalue weighted by atomic mass is 9.94. The Morgan fingerprint density at radius 1 is 1.12 bits per heavy atom. The van der Waals surface area contributed by atoms with Crippen molar-refractivity contribution >= 4 is 21.6 Å². The molecule has 1 aromatic heterocycles. The summed E-state index contributed by atoms with van der Waals surface area (Å²) in [7, 11) is 0. The fourth-order valence-electron chi connectivity index (χ4n) is 1.79. The van der Waals surface area contributed by atoms with Gasteiger partial charge in [0.05, 0.1) is 15.2 Å². The number of rotatable bonds is 1. The molecule has 92 valence electrons. The van der Waals surface area contributed by atoms with Crippen LogP contribution in [0.3, 0.4) is 0 Å². The van der Waals surface area contributed by atoms with Crippen LogP contribution in [0, 0.1) is 0 Å². The average molecular weight is 248 g/mol. The van der Waals surface area contributed by atoms with Crippen LogP contribution >= 0.6 is 11.3 Å². The van der Waals surface area contributed by atoms with Crippen LogP contribution in [0.5, 0.6) is 0 Å². The highest BCUT2D eigenvalue weighted by Gasteiger charge is 2.23. The van der Waals surface area contributed by atoms with Crippen LogP contribution in [0.25, 0.3) is 10.2 Å². The monoisotopic (exact) mass is 248 g/mol. The summed E-state index contributed by atoms with van der Waals surface area (Å²) in [6, 6.07) is 6.27. The average Bonchev–Trinajstić information content (AvgIpc) is 2.57. The van der Waals surface area contributed by atoms with E-state index in [1.54, 1.807) is 11.3 Å². The van der Waals surface area contributed by atoms with Crippen LogP contribution in [0.1, 0.15) is 45.2 Å². The number of fused-ring (bicyclic) bond motifs is 1. The summed E-state index contributed by atoms with van der Waals surface area (Å²) in [6.45, 7) is 10.6. The van der Waals surface area contributed by atoms with Gasteiger partial charge in [-0.1, -0.05) is 32.9 Å². The second kappa shape index (κ2) is 3.79. The number of hydrogen-bond acceptors (Lipinski definition) is 3. The highest BCUT2D eigenvalue weighted by atomic mass is 32.1. The highest BCUT2D eigenvalue weighted by Crippen LogP contribution is 2.34. The quantitative estimate of drug-likeness (QED) is 0.834. The molecule has 0 saturated carbocycles. The predicted molar refractivity (Wildman–Crippen MR) is 75.5 cm³/mol. The van der Waals surface area contributed by atoms with E-state index in [2.05, 4.69) is 39.0 Å².